The van der Waals surface area contributed by atoms with E-state index < -0.39 is 0 Å². The number of hydrogen-bond donors (Lipinski definition) is 0. The van der Waals surface area contributed by atoms with E-state index in [1.165, 1.54) is 64.2 Å². The predicted molar refractivity (Wildman–Crippen MR) is 147 cm³/mol. The van der Waals surface area contributed by atoms with E-state index in [-0.39, 0.29) is 28.3 Å². The Kier molecular flexibility index (Phi) is 6.38. The second-order valence-corrected chi connectivity index (χ2v) is 15.7. The third-order valence-electron chi connectivity index (χ3n) is 13.3. The summed E-state index contributed by atoms with van der Waals surface area (Å²) in [6.07, 6.45) is 14.3. The standard InChI is InChI=1S/C33H54O3/c1-21(34)36-28-16-18-32(7)23-11-13-26-31(6,20-22(23)10-12-24(32)30(28,4)5)17-14-25-29(2,3)27(35-9)15-19-33(25,26)8/h24-28H,10-20H2,1-9H3/t24-,25?,26-,27-,28+,31-,32+,33-/m0/s1. The number of methoxy groups -OCH3 is 1. The summed E-state index contributed by atoms with van der Waals surface area (Å²) in [5.41, 5.74) is 5.02. The van der Waals surface area contributed by atoms with Crippen LogP contribution in [0.2, 0.25) is 0 Å². The molecule has 0 N–H and O–H groups in total. The lowest BCUT2D eigenvalue weighted by Gasteiger charge is -2.64. The minimum atomic E-state index is -0.118. The molecule has 0 aliphatic heterocycles. The van der Waals surface area contributed by atoms with E-state index in [1.54, 1.807) is 6.92 Å². The van der Waals surface area contributed by atoms with Gasteiger partial charge >= 0.3 is 5.97 Å². The molecule has 0 radical (unpaired) electrons. The fourth-order valence-electron chi connectivity index (χ4n) is 11.7. The van der Waals surface area contributed by atoms with Crippen LogP contribution >= 0.6 is 0 Å². The summed E-state index contributed by atoms with van der Waals surface area (Å²) in [4.78, 5) is 11.9. The molecular weight excluding hydrogens is 444 g/mol. The van der Waals surface area contributed by atoms with Crippen LogP contribution in [0.15, 0.2) is 11.1 Å². The molecule has 204 valence electrons. The van der Waals surface area contributed by atoms with Gasteiger partial charge in [-0.2, -0.15) is 0 Å². The number of rotatable bonds is 2. The van der Waals surface area contributed by atoms with Crippen LogP contribution in [0.5, 0.6) is 0 Å². The molecule has 0 heterocycles. The summed E-state index contributed by atoms with van der Waals surface area (Å²) in [6.45, 7) is 19.3. The highest BCUT2D eigenvalue weighted by Gasteiger charge is 2.62. The van der Waals surface area contributed by atoms with Crippen molar-refractivity contribution in [3.8, 4) is 0 Å². The maximum absolute atomic E-state index is 11.9. The van der Waals surface area contributed by atoms with Gasteiger partial charge in [-0.3, -0.25) is 4.79 Å². The van der Waals surface area contributed by atoms with Gasteiger partial charge in [-0.05, 0) is 110 Å². The number of hydrogen-bond acceptors (Lipinski definition) is 3. The first-order valence-electron chi connectivity index (χ1n) is 15.1. The number of carbonyl (C=O) groups excluding carboxylic acids is 1. The monoisotopic (exact) mass is 498 g/mol. The van der Waals surface area contributed by atoms with Crippen molar-refractivity contribution < 1.29 is 14.3 Å². The number of esters is 1. The van der Waals surface area contributed by atoms with Crippen molar-refractivity contribution in [1.29, 1.82) is 0 Å². The summed E-state index contributed by atoms with van der Waals surface area (Å²) < 4.78 is 11.9. The molecule has 0 saturated heterocycles. The summed E-state index contributed by atoms with van der Waals surface area (Å²) in [7, 11) is 1.93. The van der Waals surface area contributed by atoms with Crippen molar-refractivity contribution in [3.05, 3.63) is 11.1 Å². The molecule has 0 aromatic heterocycles. The summed E-state index contributed by atoms with van der Waals surface area (Å²) in [5, 5.41) is 0. The van der Waals surface area contributed by atoms with Gasteiger partial charge in [0.1, 0.15) is 6.10 Å². The fourth-order valence-corrected chi connectivity index (χ4v) is 11.7. The zero-order valence-electron chi connectivity index (χ0n) is 24.9. The molecule has 5 rings (SSSR count). The number of ether oxygens (including phenoxy) is 2. The van der Waals surface area contributed by atoms with Crippen molar-refractivity contribution in [2.75, 3.05) is 7.11 Å². The maximum atomic E-state index is 11.9. The molecular formula is C33H54O3. The van der Waals surface area contributed by atoms with Gasteiger partial charge in [-0.25, -0.2) is 0 Å². The van der Waals surface area contributed by atoms with E-state index in [4.69, 9.17) is 9.47 Å². The molecule has 5 aliphatic rings. The molecule has 8 atom stereocenters. The van der Waals surface area contributed by atoms with E-state index >= 15 is 0 Å². The van der Waals surface area contributed by atoms with Gasteiger partial charge in [0, 0.05) is 19.4 Å². The molecule has 0 bridgehead atoms. The van der Waals surface area contributed by atoms with Crippen molar-refractivity contribution in [3.63, 3.8) is 0 Å². The van der Waals surface area contributed by atoms with Crippen molar-refractivity contribution in [2.45, 2.75) is 138 Å². The maximum Gasteiger partial charge on any atom is 0.302 e. The predicted octanol–water partition coefficient (Wildman–Crippen LogP) is 8.51. The molecule has 0 spiro atoms. The molecule has 0 aromatic carbocycles. The van der Waals surface area contributed by atoms with Crippen LogP contribution in [0.4, 0.5) is 0 Å². The van der Waals surface area contributed by atoms with Crippen LogP contribution in [0.1, 0.15) is 126 Å². The van der Waals surface area contributed by atoms with E-state index in [0.717, 1.165) is 18.3 Å². The Labute approximate surface area is 221 Å². The van der Waals surface area contributed by atoms with Gasteiger partial charge in [0.2, 0.25) is 0 Å². The van der Waals surface area contributed by atoms with Gasteiger partial charge in [0.15, 0.2) is 0 Å². The Balaban J connectivity index is 1.46. The van der Waals surface area contributed by atoms with Gasteiger partial charge in [-0.15, -0.1) is 0 Å². The van der Waals surface area contributed by atoms with Gasteiger partial charge in [-0.1, -0.05) is 59.6 Å². The second kappa shape index (κ2) is 8.59. The topological polar surface area (TPSA) is 35.5 Å². The quantitative estimate of drug-likeness (QED) is 0.283. The first-order chi connectivity index (χ1) is 16.7. The Hall–Kier alpha value is -0.830. The van der Waals surface area contributed by atoms with Crippen LogP contribution in [0, 0.1) is 44.8 Å². The lowest BCUT2D eigenvalue weighted by atomic mass is 9.42. The summed E-state index contributed by atoms with van der Waals surface area (Å²) in [5.74, 6) is 2.01. The van der Waals surface area contributed by atoms with Crippen molar-refractivity contribution >= 4 is 5.97 Å². The van der Waals surface area contributed by atoms with Crippen molar-refractivity contribution in [2.24, 2.45) is 44.8 Å². The van der Waals surface area contributed by atoms with Crippen LogP contribution < -0.4 is 0 Å². The molecule has 1 unspecified atom stereocenters. The third-order valence-corrected chi connectivity index (χ3v) is 13.3. The third kappa shape index (κ3) is 3.71. The van der Waals surface area contributed by atoms with E-state index in [2.05, 4.69) is 48.5 Å². The zero-order valence-corrected chi connectivity index (χ0v) is 24.9. The Morgan fingerprint density at radius 1 is 0.750 bits per heavy atom. The molecule has 5 aliphatic carbocycles. The van der Waals surface area contributed by atoms with Crippen LogP contribution in [0.3, 0.4) is 0 Å². The van der Waals surface area contributed by atoms with E-state index in [0.29, 0.717) is 22.9 Å². The van der Waals surface area contributed by atoms with E-state index in [9.17, 15) is 4.79 Å². The molecule has 3 saturated carbocycles. The Morgan fingerprint density at radius 2 is 1.39 bits per heavy atom. The van der Waals surface area contributed by atoms with E-state index in [1.807, 2.05) is 18.3 Å². The number of allylic oxidation sites excluding steroid dienone is 2. The Morgan fingerprint density at radius 3 is 2.06 bits per heavy atom. The van der Waals surface area contributed by atoms with Gasteiger partial charge in [0.05, 0.1) is 6.10 Å². The lowest BCUT2D eigenvalue weighted by molar-refractivity contribution is -0.178. The largest absolute Gasteiger partial charge is 0.462 e. The highest BCUT2D eigenvalue weighted by atomic mass is 16.5. The van der Waals surface area contributed by atoms with Crippen LogP contribution in [0.25, 0.3) is 0 Å². The van der Waals surface area contributed by atoms with Gasteiger partial charge < -0.3 is 9.47 Å². The highest BCUT2D eigenvalue weighted by Crippen LogP contribution is 2.70. The van der Waals surface area contributed by atoms with Gasteiger partial charge in [0.25, 0.3) is 0 Å². The summed E-state index contributed by atoms with van der Waals surface area (Å²) in [6, 6.07) is 0. The smallest absolute Gasteiger partial charge is 0.302 e. The first kappa shape index (κ1) is 26.8. The fraction of sp³-hybridized carbons (Fsp3) is 0.909. The summed E-state index contributed by atoms with van der Waals surface area (Å²) >= 11 is 0. The SMILES string of the molecule is CO[C@H]1CC[C@@]2(C)C(CC[C@@]3(C)CC4=C(CC[C@@H]32)[C@@]2(C)CC[C@@H](OC(C)=O)C(C)(C)[C@@H]2CC4)C1(C)C. The normalized spacial score (nSPS) is 47.5. The van der Waals surface area contributed by atoms with Crippen molar-refractivity contribution in [1.82, 2.24) is 0 Å². The molecule has 0 amide bonds. The zero-order chi connectivity index (χ0) is 26.3. The molecule has 3 fully saturated rings. The molecule has 3 nitrogen and oxygen atoms in total. The average Bonchev–Trinajstić information content (AvgIpc) is 2.92. The average molecular weight is 499 g/mol. The first-order valence-corrected chi connectivity index (χ1v) is 15.1. The molecule has 36 heavy (non-hydrogen) atoms. The minimum absolute atomic E-state index is 0.0276. The van der Waals surface area contributed by atoms with Crippen LogP contribution in [-0.4, -0.2) is 25.3 Å². The van der Waals surface area contributed by atoms with Crippen LogP contribution in [-0.2, 0) is 14.3 Å². The highest BCUT2D eigenvalue weighted by molar-refractivity contribution is 5.66. The Bertz CT molecular complexity index is 929. The number of fused-ring (bicyclic) bond motifs is 5. The number of carbonyl (C=O) groups is 1. The molecule has 0 aromatic rings. The molecule has 3 heteroatoms. The minimum Gasteiger partial charge on any atom is -0.462 e. The lowest BCUT2D eigenvalue weighted by Crippen LogP contribution is -2.58. The second-order valence-electron chi connectivity index (χ2n) is 15.7.